The maximum atomic E-state index is 13.0. The molecule has 0 unspecified atom stereocenters. The molecule has 0 fully saturated rings. The minimum atomic E-state index is -0.519. The number of benzene rings is 2. The van der Waals surface area contributed by atoms with E-state index in [1.165, 1.54) is 6.07 Å². The standard InChI is InChI=1S/C22H17NO4/c1-3-26-22(25)16-12-17-20(24)15-11-13(2)9-10-18(15)27-21(17)23-19(16)14-7-5-4-6-8-14/h4-12H,3H2,1-2H3. The maximum absolute atomic E-state index is 13.0. The van der Waals surface area contributed by atoms with Crippen LogP contribution in [-0.4, -0.2) is 17.6 Å². The number of hydrogen-bond donors (Lipinski definition) is 0. The minimum absolute atomic E-state index is 0.197. The fraction of sp³-hybridized carbons (Fsp3) is 0.136. The highest BCUT2D eigenvalue weighted by Gasteiger charge is 2.20. The smallest absolute Gasteiger partial charge is 0.340 e. The molecule has 0 aliphatic carbocycles. The minimum Gasteiger partial charge on any atom is -0.462 e. The van der Waals surface area contributed by atoms with Crippen LogP contribution in [0.3, 0.4) is 0 Å². The van der Waals surface area contributed by atoms with E-state index in [0.717, 1.165) is 11.1 Å². The van der Waals surface area contributed by atoms with E-state index in [9.17, 15) is 9.59 Å². The number of carbonyl (C=O) groups is 1. The number of nitrogens with zero attached hydrogens (tertiary/aromatic N) is 1. The number of aromatic nitrogens is 1. The summed E-state index contributed by atoms with van der Waals surface area (Å²) in [5, 5.41) is 0.724. The Kier molecular flexibility index (Phi) is 4.20. The molecule has 0 N–H and O–H groups in total. The number of esters is 1. The zero-order valence-corrected chi connectivity index (χ0v) is 15.0. The van der Waals surface area contributed by atoms with E-state index in [0.29, 0.717) is 16.7 Å². The Balaban J connectivity index is 2.08. The quantitative estimate of drug-likeness (QED) is 0.398. The summed E-state index contributed by atoms with van der Waals surface area (Å²) in [6, 6.07) is 16.2. The molecule has 5 nitrogen and oxygen atoms in total. The van der Waals surface area contributed by atoms with Gasteiger partial charge in [0.05, 0.1) is 28.6 Å². The van der Waals surface area contributed by atoms with Crippen molar-refractivity contribution in [3.05, 3.63) is 75.9 Å². The third-order valence-corrected chi connectivity index (χ3v) is 4.36. The van der Waals surface area contributed by atoms with Gasteiger partial charge in [0.2, 0.25) is 11.1 Å². The highest BCUT2D eigenvalue weighted by Crippen LogP contribution is 2.27. The van der Waals surface area contributed by atoms with Crippen molar-refractivity contribution in [1.82, 2.24) is 4.98 Å². The summed E-state index contributed by atoms with van der Waals surface area (Å²) in [6.07, 6.45) is 0. The van der Waals surface area contributed by atoms with Gasteiger partial charge in [-0.3, -0.25) is 4.79 Å². The molecule has 5 heteroatoms. The van der Waals surface area contributed by atoms with E-state index in [1.54, 1.807) is 19.1 Å². The molecule has 0 atom stereocenters. The highest BCUT2D eigenvalue weighted by molar-refractivity contribution is 6.01. The molecule has 134 valence electrons. The lowest BCUT2D eigenvalue weighted by atomic mass is 10.0. The van der Waals surface area contributed by atoms with Crippen LogP contribution in [0.15, 0.2) is 63.8 Å². The van der Waals surface area contributed by atoms with E-state index in [4.69, 9.17) is 9.15 Å². The van der Waals surface area contributed by atoms with Crippen LogP contribution in [0.5, 0.6) is 0 Å². The number of fused-ring (bicyclic) bond motifs is 2. The van der Waals surface area contributed by atoms with Gasteiger partial charge in [-0.25, -0.2) is 9.78 Å². The molecular weight excluding hydrogens is 342 g/mol. The van der Waals surface area contributed by atoms with Crippen molar-refractivity contribution in [3.8, 4) is 11.3 Å². The lowest BCUT2D eigenvalue weighted by molar-refractivity contribution is 0.0527. The van der Waals surface area contributed by atoms with Crippen LogP contribution in [0, 0.1) is 6.92 Å². The van der Waals surface area contributed by atoms with E-state index in [-0.39, 0.29) is 28.7 Å². The van der Waals surface area contributed by atoms with Crippen molar-refractivity contribution in [3.63, 3.8) is 0 Å². The van der Waals surface area contributed by atoms with Crippen molar-refractivity contribution >= 4 is 28.0 Å². The van der Waals surface area contributed by atoms with Gasteiger partial charge in [-0.15, -0.1) is 0 Å². The SMILES string of the molecule is CCOC(=O)c1cc2c(=O)c3cc(C)ccc3oc2nc1-c1ccccc1. The Labute approximate surface area is 155 Å². The summed E-state index contributed by atoms with van der Waals surface area (Å²) in [6.45, 7) is 3.87. The number of aryl methyl sites for hydroxylation is 1. The van der Waals surface area contributed by atoms with Crippen LogP contribution in [0.2, 0.25) is 0 Å². The second kappa shape index (κ2) is 6.68. The Morgan fingerprint density at radius 2 is 1.85 bits per heavy atom. The maximum Gasteiger partial charge on any atom is 0.340 e. The molecule has 2 aromatic carbocycles. The van der Waals surface area contributed by atoms with Crippen molar-refractivity contribution in [2.24, 2.45) is 0 Å². The predicted molar refractivity (Wildman–Crippen MR) is 104 cm³/mol. The molecule has 27 heavy (non-hydrogen) atoms. The fourth-order valence-corrected chi connectivity index (χ4v) is 3.08. The Bertz CT molecular complexity index is 1230. The molecule has 0 amide bonds. The average molecular weight is 359 g/mol. The van der Waals surface area contributed by atoms with Crippen molar-refractivity contribution in [2.75, 3.05) is 6.61 Å². The summed E-state index contributed by atoms with van der Waals surface area (Å²) < 4.78 is 11.0. The second-order valence-corrected chi connectivity index (χ2v) is 6.25. The average Bonchev–Trinajstić information content (AvgIpc) is 2.69. The summed E-state index contributed by atoms with van der Waals surface area (Å²) in [7, 11) is 0. The number of hydrogen-bond acceptors (Lipinski definition) is 5. The van der Waals surface area contributed by atoms with Crippen molar-refractivity contribution in [1.29, 1.82) is 0 Å². The van der Waals surface area contributed by atoms with Crippen LogP contribution in [-0.2, 0) is 4.74 Å². The highest BCUT2D eigenvalue weighted by atomic mass is 16.5. The summed E-state index contributed by atoms with van der Waals surface area (Å²) in [4.78, 5) is 30.0. The zero-order chi connectivity index (χ0) is 19.0. The molecule has 0 aliphatic heterocycles. The van der Waals surface area contributed by atoms with Crippen LogP contribution < -0.4 is 5.43 Å². The Morgan fingerprint density at radius 3 is 2.59 bits per heavy atom. The summed E-state index contributed by atoms with van der Waals surface area (Å²) in [5.74, 6) is -0.519. The normalized spacial score (nSPS) is 11.0. The molecule has 0 radical (unpaired) electrons. The van der Waals surface area contributed by atoms with Gasteiger partial charge in [-0.2, -0.15) is 0 Å². The Hall–Kier alpha value is -3.47. The van der Waals surface area contributed by atoms with Gasteiger partial charge < -0.3 is 9.15 Å². The first-order valence-electron chi connectivity index (χ1n) is 8.69. The summed E-state index contributed by atoms with van der Waals surface area (Å²) in [5.41, 5.74) is 2.82. The first-order chi connectivity index (χ1) is 13.1. The largest absolute Gasteiger partial charge is 0.462 e. The molecule has 0 saturated heterocycles. The monoisotopic (exact) mass is 359 g/mol. The molecule has 0 spiro atoms. The lowest BCUT2D eigenvalue weighted by Crippen LogP contribution is -2.11. The van der Waals surface area contributed by atoms with E-state index in [2.05, 4.69) is 4.98 Å². The molecule has 2 aromatic heterocycles. The van der Waals surface area contributed by atoms with Crippen LogP contribution in [0.25, 0.3) is 33.3 Å². The van der Waals surface area contributed by atoms with E-state index in [1.807, 2.05) is 43.3 Å². The van der Waals surface area contributed by atoms with Gasteiger partial charge >= 0.3 is 5.97 Å². The fourth-order valence-electron chi connectivity index (χ4n) is 3.08. The molecular formula is C22H17NO4. The van der Waals surface area contributed by atoms with Crippen LogP contribution in [0.1, 0.15) is 22.8 Å². The van der Waals surface area contributed by atoms with Gasteiger partial charge in [0.25, 0.3) is 0 Å². The molecule has 4 rings (SSSR count). The van der Waals surface area contributed by atoms with Crippen molar-refractivity contribution < 1.29 is 13.9 Å². The lowest BCUT2D eigenvalue weighted by Gasteiger charge is -2.10. The summed E-state index contributed by atoms with van der Waals surface area (Å²) >= 11 is 0. The van der Waals surface area contributed by atoms with E-state index >= 15 is 0 Å². The Morgan fingerprint density at radius 1 is 1.07 bits per heavy atom. The van der Waals surface area contributed by atoms with Gasteiger partial charge in [0.15, 0.2) is 0 Å². The molecule has 4 aromatic rings. The molecule has 0 bridgehead atoms. The second-order valence-electron chi connectivity index (χ2n) is 6.25. The van der Waals surface area contributed by atoms with Gasteiger partial charge in [0.1, 0.15) is 5.58 Å². The zero-order valence-electron chi connectivity index (χ0n) is 15.0. The number of pyridine rings is 1. The van der Waals surface area contributed by atoms with Gasteiger partial charge in [-0.05, 0) is 32.0 Å². The van der Waals surface area contributed by atoms with Gasteiger partial charge in [0, 0.05) is 5.56 Å². The van der Waals surface area contributed by atoms with Crippen LogP contribution in [0.4, 0.5) is 0 Å². The molecule has 0 saturated carbocycles. The van der Waals surface area contributed by atoms with Gasteiger partial charge in [-0.1, -0.05) is 42.0 Å². The first kappa shape index (κ1) is 17.0. The number of ether oxygens (including phenoxy) is 1. The number of rotatable bonds is 3. The van der Waals surface area contributed by atoms with E-state index < -0.39 is 5.97 Å². The third-order valence-electron chi connectivity index (χ3n) is 4.36. The van der Waals surface area contributed by atoms with Crippen molar-refractivity contribution in [2.45, 2.75) is 13.8 Å². The molecule has 0 aliphatic rings. The third kappa shape index (κ3) is 2.97. The predicted octanol–water partition coefficient (Wildman–Crippen LogP) is 4.49. The molecule has 2 heterocycles. The topological polar surface area (TPSA) is 69.4 Å². The van der Waals surface area contributed by atoms with Crippen LogP contribution >= 0.6 is 0 Å². The number of carbonyl (C=O) groups excluding carboxylic acids is 1. The first-order valence-corrected chi connectivity index (χ1v) is 8.69.